The molecule has 0 aliphatic rings. The summed E-state index contributed by atoms with van der Waals surface area (Å²) in [5.41, 5.74) is 0.713. The zero-order valence-corrected chi connectivity index (χ0v) is 9.18. The average molecular weight is 218 g/mol. The number of aromatic nitrogens is 3. The Labute approximate surface area is 93.9 Å². The van der Waals surface area contributed by atoms with Gasteiger partial charge in [0.15, 0.2) is 0 Å². The average Bonchev–Trinajstić information content (AvgIpc) is 2.79. The molecule has 0 saturated carbocycles. The van der Waals surface area contributed by atoms with E-state index in [-0.39, 0.29) is 0 Å². The summed E-state index contributed by atoms with van der Waals surface area (Å²) in [7, 11) is 0. The summed E-state index contributed by atoms with van der Waals surface area (Å²) in [4.78, 5) is 4.15. The minimum atomic E-state index is 0.479. The fourth-order valence-electron chi connectivity index (χ4n) is 1.32. The van der Waals surface area contributed by atoms with Gasteiger partial charge in [0.05, 0.1) is 0 Å². The van der Waals surface area contributed by atoms with Crippen LogP contribution in [-0.4, -0.2) is 28.3 Å². The van der Waals surface area contributed by atoms with E-state index in [0.717, 1.165) is 19.5 Å². The molecular weight excluding hydrogens is 204 g/mol. The molecule has 0 atom stereocenters. The van der Waals surface area contributed by atoms with E-state index in [2.05, 4.69) is 27.4 Å². The third-order valence-electron chi connectivity index (χ3n) is 2.12. The predicted octanol–water partition coefficient (Wildman–Crippen LogP) is 1.28. The van der Waals surface area contributed by atoms with Crippen molar-refractivity contribution in [1.82, 2.24) is 20.5 Å². The van der Waals surface area contributed by atoms with Crippen LogP contribution < -0.4 is 5.32 Å². The molecule has 0 unspecified atom stereocenters. The van der Waals surface area contributed by atoms with Crippen molar-refractivity contribution in [3.8, 4) is 11.6 Å². The van der Waals surface area contributed by atoms with E-state index in [1.54, 1.807) is 6.20 Å². The van der Waals surface area contributed by atoms with E-state index in [9.17, 15) is 0 Å². The molecule has 2 aromatic heterocycles. The lowest BCUT2D eigenvalue weighted by atomic mass is 10.3. The molecule has 2 aromatic rings. The van der Waals surface area contributed by atoms with Gasteiger partial charge in [0.25, 0.3) is 5.89 Å². The van der Waals surface area contributed by atoms with Gasteiger partial charge in [-0.2, -0.15) is 0 Å². The fourth-order valence-corrected chi connectivity index (χ4v) is 1.32. The smallest absolute Gasteiger partial charge is 0.266 e. The molecule has 5 heteroatoms. The van der Waals surface area contributed by atoms with Crippen molar-refractivity contribution >= 4 is 0 Å². The molecule has 84 valence electrons. The predicted molar refractivity (Wildman–Crippen MR) is 59.8 cm³/mol. The van der Waals surface area contributed by atoms with Crippen LogP contribution in [0.25, 0.3) is 11.6 Å². The van der Waals surface area contributed by atoms with E-state index < -0.39 is 0 Å². The lowest BCUT2D eigenvalue weighted by Crippen LogP contribution is -2.16. The summed E-state index contributed by atoms with van der Waals surface area (Å²) in [5, 5.41) is 11.1. The zero-order chi connectivity index (χ0) is 11.2. The van der Waals surface area contributed by atoms with Crippen molar-refractivity contribution in [1.29, 1.82) is 0 Å². The summed E-state index contributed by atoms with van der Waals surface area (Å²) >= 11 is 0. The molecule has 0 radical (unpaired) electrons. The Bertz CT molecular complexity index is 427. The van der Waals surface area contributed by atoms with Crippen LogP contribution in [0, 0.1) is 0 Å². The van der Waals surface area contributed by atoms with Crippen molar-refractivity contribution in [3.63, 3.8) is 0 Å². The monoisotopic (exact) mass is 218 g/mol. The van der Waals surface area contributed by atoms with Gasteiger partial charge in [0, 0.05) is 19.2 Å². The second kappa shape index (κ2) is 5.37. The molecule has 0 fully saturated rings. The van der Waals surface area contributed by atoms with Gasteiger partial charge < -0.3 is 9.73 Å². The Balaban J connectivity index is 2.02. The standard InChI is InChI=1S/C11H14N4O/c1-2-12-8-6-10-14-15-11(16-10)9-5-3-4-7-13-9/h3-5,7,12H,2,6,8H2,1H3. The number of hydrogen-bond acceptors (Lipinski definition) is 5. The van der Waals surface area contributed by atoms with Gasteiger partial charge in [-0.3, -0.25) is 4.98 Å². The highest BCUT2D eigenvalue weighted by molar-refractivity contribution is 5.44. The number of pyridine rings is 1. The molecule has 1 N–H and O–H groups in total. The van der Waals surface area contributed by atoms with Crippen LogP contribution in [0.2, 0.25) is 0 Å². The van der Waals surface area contributed by atoms with E-state index >= 15 is 0 Å². The van der Waals surface area contributed by atoms with Gasteiger partial charge >= 0.3 is 0 Å². The summed E-state index contributed by atoms with van der Waals surface area (Å²) < 4.78 is 5.49. The second-order valence-electron chi connectivity index (χ2n) is 3.32. The topological polar surface area (TPSA) is 63.8 Å². The maximum Gasteiger partial charge on any atom is 0.266 e. The first-order chi connectivity index (χ1) is 7.90. The van der Waals surface area contributed by atoms with Crippen molar-refractivity contribution in [2.45, 2.75) is 13.3 Å². The maximum atomic E-state index is 5.49. The lowest BCUT2D eigenvalue weighted by molar-refractivity contribution is 0.495. The van der Waals surface area contributed by atoms with Gasteiger partial charge in [-0.1, -0.05) is 13.0 Å². The van der Waals surface area contributed by atoms with Gasteiger partial charge in [-0.05, 0) is 18.7 Å². The Morgan fingerprint density at radius 3 is 3.00 bits per heavy atom. The third-order valence-corrected chi connectivity index (χ3v) is 2.12. The van der Waals surface area contributed by atoms with E-state index in [1.165, 1.54) is 0 Å². The second-order valence-corrected chi connectivity index (χ2v) is 3.32. The normalized spacial score (nSPS) is 10.6. The van der Waals surface area contributed by atoms with Crippen molar-refractivity contribution in [3.05, 3.63) is 30.3 Å². The highest BCUT2D eigenvalue weighted by Crippen LogP contribution is 2.13. The molecule has 16 heavy (non-hydrogen) atoms. The van der Waals surface area contributed by atoms with Crippen LogP contribution in [-0.2, 0) is 6.42 Å². The first-order valence-corrected chi connectivity index (χ1v) is 5.34. The molecule has 5 nitrogen and oxygen atoms in total. The van der Waals surface area contributed by atoms with Crippen LogP contribution in [0.4, 0.5) is 0 Å². The molecule has 0 aliphatic carbocycles. The number of likely N-dealkylation sites (N-methyl/N-ethyl adjacent to an activating group) is 1. The molecule has 2 rings (SSSR count). The van der Waals surface area contributed by atoms with E-state index in [0.29, 0.717) is 17.5 Å². The Morgan fingerprint density at radius 1 is 1.31 bits per heavy atom. The third kappa shape index (κ3) is 2.64. The van der Waals surface area contributed by atoms with E-state index in [4.69, 9.17) is 4.42 Å². The Hall–Kier alpha value is -1.75. The van der Waals surface area contributed by atoms with Crippen LogP contribution in [0.3, 0.4) is 0 Å². The minimum Gasteiger partial charge on any atom is -0.419 e. The SMILES string of the molecule is CCNCCc1nnc(-c2ccccn2)o1. The Kier molecular flexibility index (Phi) is 3.61. The van der Waals surface area contributed by atoms with Gasteiger partial charge in [0.2, 0.25) is 5.89 Å². The van der Waals surface area contributed by atoms with Crippen LogP contribution in [0.1, 0.15) is 12.8 Å². The molecule has 0 saturated heterocycles. The number of nitrogens with zero attached hydrogens (tertiary/aromatic N) is 3. The molecule has 0 aliphatic heterocycles. The summed E-state index contributed by atoms with van der Waals surface area (Å²) in [5.74, 6) is 1.12. The van der Waals surface area contributed by atoms with Gasteiger partial charge in [0.1, 0.15) is 5.69 Å². The van der Waals surface area contributed by atoms with E-state index in [1.807, 2.05) is 18.2 Å². The first-order valence-electron chi connectivity index (χ1n) is 5.34. The summed E-state index contributed by atoms with van der Waals surface area (Å²) in [6.07, 6.45) is 2.45. The summed E-state index contributed by atoms with van der Waals surface area (Å²) in [6.45, 7) is 3.86. The molecule has 0 spiro atoms. The largest absolute Gasteiger partial charge is 0.419 e. The van der Waals surface area contributed by atoms with Crippen molar-refractivity contribution < 1.29 is 4.42 Å². The zero-order valence-electron chi connectivity index (χ0n) is 9.18. The van der Waals surface area contributed by atoms with Gasteiger partial charge in [-0.15, -0.1) is 10.2 Å². The van der Waals surface area contributed by atoms with Crippen LogP contribution in [0.5, 0.6) is 0 Å². The quantitative estimate of drug-likeness (QED) is 0.766. The molecule has 0 bridgehead atoms. The molecule has 2 heterocycles. The van der Waals surface area contributed by atoms with Crippen molar-refractivity contribution in [2.24, 2.45) is 0 Å². The fraction of sp³-hybridized carbons (Fsp3) is 0.364. The molecular formula is C11H14N4O. The lowest BCUT2D eigenvalue weighted by Gasteiger charge is -1.96. The van der Waals surface area contributed by atoms with Crippen molar-refractivity contribution in [2.75, 3.05) is 13.1 Å². The number of hydrogen-bond donors (Lipinski definition) is 1. The first kappa shape index (κ1) is 10.8. The molecule has 0 aromatic carbocycles. The minimum absolute atomic E-state index is 0.479. The van der Waals surface area contributed by atoms with Crippen LogP contribution in [0.15, 0.2) is 28.8 Å². The summed E-state index contributed by atoms with van der Waals surface area (Å²) in [6, 6.07) is 5.60. The highest BCUT2D eigenvalue weighted by Gasteiger charge is 2.08. The molecule has 0 amide bonds. The maximum absolute atomic E-state index is 5.49. The number of rotatable bonds is 5. The number of nitrogens with one attached hydrogen (secondary N) is 1. The highest BCUT2D eigenvalue weighted by atomic mass is 16.4. The van der Waals surface area contributed by atoms with Crippen LogP contribution >= 0.6 is 0 Å². The van der Waals surface area contributed by atoms with Gasteiger partial charge in [-0.25, -0.2) is 0 Å². The Morgan fingerprint density at radius 2 is 2.25 bits per heavy atom.